The normalized spacial score (nSPS) is 21.2. The summed E-state index contributed by atoms with van der Waals surface area (Å²) in [7, 11) is 2.55. The van der Waals surface area contributed by atoms with Crippen LogP contribution in [0, 0.1) is 0 Å². The first-order chi connectivity index (χ1) is 10.00. The fourth-order valence-electron chi connectivity index (χ4n) is 2.18. The van der Waals surface area contributed by atoms with Gasteiger partial charge in [-0.1, -0.05) is 44.0 Å². The van der Waals surface area contributed by atoms with Gasteiger partial charge in [-0.3, -0.25) is 0 Å². The fourth-order valence-corrected chi connectivity index (χ4v) is 3.16. The van der Waals surface area contributed by atoms with Crippen molar-refractivity contribution < 1.29 is 23.8 Å². The Bertz CT molecular complexity index is 608. The zero-order valence-corrected chi connectivity index (χ0v) is 14.5. The number of esters is 2. The van der Waals surface area contributed by atoms with Gasteiger partial charge in [0.2, 0.25) is 5.76 Å². The molecule has 0 fully saturated rings. The molecule has 0 radical (unpaired) electrons. The molecule has 0 saturated heterocycles. The van der Waals surface area contributed by atoms with Crippen LogP contribution in [0.3, 0.4) is 0 Å². The van der Waals surface area contributed by atoms with Gasteiger partial charge in [-0.2, -0.15) is 0 Å². The van der Waals surface area contributed by atoms with Gasteiger partial charge in [0, 0.05) is 10.0 Å². The number of methoxy groups -OCH3 is 2. The topological polar surface area (TPSA) is 61.8 Å². The third kappa shape index (κ3) is 2.60. The van der Waals surface area contributed by atoms with Crippen LogP contribution in [0.5, 0.6) is 0 Å². The van der Waals surface area contributed by atoms with Crippen LogP contribution in [0.25, 0.3) is 0 Å². The maximum atomic E-state index is 12.1. The lowest BCUT2D eigenvalue weighted by molar-refractivity contribution is -0.149. The Hall–Kier alpha value is -1.34. The molecule has 21 heavy (non-hydrogen) atoms. The van der Waals surface area contributed by atoms with Crippen LogP contribution in [-0.2, 0) is 29.4 Å². The molecule has 7 heteroatoms. The molecule has 0 aromatic heterocycles. The molecule has 112 valence electrons. The van der Waals surface area contributed by atoms with Crippen molar-refractivity contribution in [3.8, 4) is 0 Å². The molecule has 1 unspecified atom stereocenters. The maximum Gasteiger partial charge on any atom is 0.375 e. The molecule has 2 rings (SSSR count). The molecular formula is C14H12Br2O5. The summed E-state index contributed by atoms with van der Waals surface area (Å²) in [5.74, 6) is -1.50. The van der Waals surface area contributed by atoms with Gasteiger partial charge in [0.1, 0.15) is 5.57 Å². The first-order valence-electron chi connectivity index (χ1n) is 5.92. The highest BCUT2D eigenvalue weighted by atomic mass is 79.9. The summed E-state index contributed by atoms with van der Waals surface area (Å²) < 4.78 is 16.1. The molecule has 0 amide bonds. The minimum atomic E-state index is -1.27. The van der Waals surface area contributed by atoms with Crippen molar-refractivity contribution in [2.45, 2.75) is 5.60 Å². The Morgan fingerprint density at radius 1 is 1.29 bits per heavy atom. The van der Waals surface area contributed by atoms with Gasteiger partial charge in [-0.25, -0.2) is 9.59 Å². The monoisotopic (exact) mass is 418 g/mol. The summed E-state index contributed by atoms with van der Waals surface area (Å²) in [5.41, 5.74) is -0.573. The molecule has 0 spiro atoms. The smallest absolute Gasteiger partial charge is 0.375 e. The second kappa shape index (κ2) is 6.19. The standard InChI is InChI=1S/C14H12Br2O5/c1-19-11-10(12(17)20-2)14(7-15,21-13(11)18)8-3-5-9(16)6-4-8/h3-6H,7H2,1-2H3. The van der Waals surface area contributed by atoms with E-state index in [1.165, 1.54) is 14.2 Å². The average Bonchev–Trinajstić information content (AvgIpc) is 2.80. The van der Waals surface area contributed by atoms with Gasteiger partial charge < -0.3 is 14.2 Å². The van der Waals surface area contributed by atoms with E-state index in [2.05, 4.69) is 31.9 Å². The summed E-state index contributed by atoms with van der Waals surface area (Å²) in [6.07, 6.45) is 0. The Kier molecular flexibility index (Phi) is 4.73. The van der Waals surface area contributed by atoms with E-state index in [-0.39, 0.29) is 16.7 Å². The predicted octanol–water partition coefficient (Wildman–Crippen LogP) is 2.67. The van der Waals surface area contributed by atoms with Crippen LogP contribution >= 0.6 is 31.9 Å². The van der Waals surface area contributed by atoms with E-state index in [1.54, 1.807) is 24.3 Å². The number of cyclic esters (lactones) is 1. The number of alkyl halides is 1. The average molecular weight is 420 g/mol. The Balaban J connectivity index is 2.66. The zero-order valence-electron chi connectivity index (χ0n) is 11.3. The van der Waals surface area contributed by atoms with Crippen LogP contribution in [-0.4, -0.2) is 31.5 Å². The number of halogens is 2. The first kappa shape index (κ1) is 16.0. The van der Waals surface area contributed by atoms with Crippen molar-refractivity contribution in [3.63, 3.8) is 0 Å². The maximum absolute atomic E-state index is 12.1. The van der Waals surface area contributed by atoms with Crippen molar-refractivity contribution in [2.75, 3.05) is 19.5 Å². The van der Waals surface area contributed by atoms with Crippen molar-refractivity contribution in [1.29, 1.82) is 0 Å². The summed E-state index contributed by atoms with van der Waals surface area (Å²) >= 11 is 6.67. The number of benzene rings is 1. The quantitative estimate of drug-likeness (QED) is 0.554. The van der Waals surface area contributed by atoms with Gasteiger partial charge in [0.15, 0.2) is 5.60 Å². The van der Waals surface area contributed by atoms with Crippen LogP contribution in [0.15, 0.2) is 40.1 Å². The van der Waals surface area contributed by atoms with E-state index >= 15 is 0 Å². The van der Waals surface area contributed by atoms with E-state index < -0.39 is 17.5 Å². The molecule has 1 aromatic rings. The van der Waals surface area contributed by atoms with Gasteiger partial charge in [-0.15, -0.1) is 0 Å². The third-order valence-corrected chi connectivity index (χ3v) is 4.49. The Morgan fingerprint density at radius 2 is 1.90 bits per heavy atom. The van der Waals surface area contributed by atoms with E-state index in [4.69, 9.17) is 14.2 Å². The van der Waals surface area contributed by atoms with Crippen molar-refractivity contribution in [3.05, 3.63) is 45.6 Å². The minimum Gasteiger partial charge on any atom is -0.489 e. The number of hydrogen-bond donors (Lipinski definition) is 0. The van der Waals surface area contributed by atoms with Crippen LogP contribution in [0.4, 0.5) is 0 Å². The lowest BCUT2D eigenvalue weighted by atomic mass is 9.88. The summed E-state index contributed by atoms with van der Waals surface area (Å²) in [4.78, 5) is 24.1. The molecule has 0 N–H and O–H groups in total. The van der Waals surface area contributed by atoms with Crippen molar-refractivity contribution in [2.24, 2.45) is 0 Å². The highest BCUT2D eigenvalue weighted by Crippen LogP contribution is 2.43. The number of carbonyl (C=O) groups excluding carboxylic acids is 2. The number of ether oxygens (including phenoxy) is 3. The van der Waals surface area contributed by atoms with E-state index in [1.807, 2.05) is 0 Å². The highest BCUT2D eigenvalue weighted by Gasteiger charge is 2.53. The summed E-state index contributed by atoms with van der Waals surface area (Å²) in [6, 6.07) is 7.13. The Labute approximate surface area is 138 Å². The Morgan fingerprint density at radius 3 is 2.38 bits per heavy atom. The number of rotatable bonds is 4. The van der Waals surface area contributed by atoms with E-state index in [0.717, 1.165) is 4.47 Å². The van der Waals surface area contributed by atoms with Crippen LogP contribution < -0.4 is 0 Å². The largest absolute Gasteiger partial charge is 0.489 e. The van der Waals surface area contributed by atoms with Crippen molar-refractivity contribution in [1.82, 2.24) is 0 Å². The first-order valence-corrected chi connectivity index (χ1v) is 7.84. The molecule has 1 aliphatic rings. The van der Waals surface area contributed by atoms with Gasteiger partial charge in [-0.05, 0) is 12.1 Å². The second-order valence-electron chi connectivity index (χ2n) is 4.26. The molecule has 1 aliphatic heterocycles. The summed E-state index contributed by atoms with van der Waals surface area (Å²) in [6.45, 7) is 0. The fraction of sp³-hybridized carbons (Fsp3) is 0.286. The lowest BCUT2D eigenvalue weighted by Gasteiger charge is -2.27. The molecule has 1 aromatic carbocycles. The molecule has 5 nitrogen and oxygen atoms in total. The van der Waals surface area contributed by atoms with Gasteiger partial charge in [0.05, 0.1) is 19.5 Å². The number of hydrogen-bond acceptors (Lipinski definition) is 5. The lowest BCUT2D eigenvalue weighted by Crippen LogP contribution is -2.34. The van der Waals surface area contributed by atoms with Crippen LogP contribution in [0.1, 0.15) is 5.56 Å². The minimum absolute atomic E-state index is 0.0525. The number of carbonyl (C=O) groups is 2. The third-order valence-electron chi connectivity index (χ3n) is 3.18. The SMILES string of the molecule is COC(=O)C1=C(OC)C(=O)OC1(CBr)c1ccc(Br)cc1. The molecule has 0 aliphatic carbocycles. The molecule has 1 heterocycles. The predicted molar refractivity (Wildman–Crippen MR) is 81.8 cm³/mol. The highest BCUT2D eigenvalue weighted by molar-refractivity contribution is 9.10. The molecule has 0 bridgehead atoms. The zero-order chi connectivity index (χ0) is 15.6. The van der Waals surface area contributed by atoms with Gasteiger partial charge >= 0.3 is 11.9 Å². The molecule has 1 atom stereocenters. The van der Waals surface area contributed by atoms with Gasteiger partial charge in [0.25, 0.3) is 0 Å². The van der Waals surface area contributed by atoms with Crippen LogP contribution in [0.2, 0.25) is 0 Å². The van der Waals surface area contributed by atoms with Crippen molar-refractivity contribution >= 4 is 43.8 Å². The van der Waals surface area contributed by atoms with E-state index in [0.29, 0.717) is 5.56 Å². The molecule has 0 saturated carbocycles. The van der Waals surface area contributed by atoms with E-state index in [9.17, 15) is 9.59 Å². The molecular weight excluding hydrogens is 408 g/mol. The second-order valence-corrected chi connectivity index (χ2v) is 5.73. The summed E-state index contributed by atoms with van der Waals surface area (Å²) in [5, 5.41) is 0.199.